The average Bonchev–Trinajstić information content (AvgIpc) is 3.05. The zero-order valence-corrected chi connectivity index (χ0v) is 24.9. The molecule has 2 aromatic carbocycles. The molecule has 10 nitrogen and oxygen atoms in total. The summed E-state index contributed by atoms with van der Waals surface area (Å²) < 4.78 is 69.9. The van der Waals surface area contributed by atoms with Gasteiger partial charge < -0.3 is 14.6 Å². The lowest BCUT2D eigenvalue weighted by molar-refractivity contribution is -0.202. The van der Waals surface area contributed by atoms with Crippen molar-refractivity contribution in [1.82, 2.24) is 10.6 Å². The SMILES string of the molecule is CCCC[C@@]1(CC)CS(O)(O)c2cc(CN[C@H](CC(=O)OC(=O)C(F)(F)F)C(=O)O)c(OC)cc2[C@H](c2ccccc2)N1. The summed E-state index contributed by atoms with van der Waals surface area (Å²) >= 11 is 0. The second-order valence-electron chi connectivity index (χ2n) is 10.5. The fourth-order valence-electron chi connectivity index (χ4n) is 5.14. The molecule has 43 heavy (non-hydrogen) atoms. The number of benzene rings is 2. The minimum Gasteiger partial charge on any atom is -0.496 e. The van der Waals surface area contributed by atoms with Crippen molar-refractivity contribution in [2.75, 3.05) is 12.9 Å². The van der Waals surface area contributed by atoms with Gasteiger partial charge in [-0.3, -0.25) is 29.3 Å². The second kappa shape index (κ2) is 14.1. The van der Waals surface area contributed by atoms with Crippen molar-refractivity contribution < 1.29 is 51.2 Å². The molecule has 0 radical (unpaired) electrons. The first kappa shape index (κ1) is 34.3. The van der Waals surface area contributed by atoms with Gasteiger partial charge in [0, 0.05) is 23.2 Å². The number of halogens is 3. The number of ether oxygens (including phenoxy) is 2. The van der Waals surface area contributed by atoms with Crippen LogP contribution in [-0.4, -0.2) is 62.7 Å². The molecule has 0 bridgehead atoms. The number of aliphatic carboxylic acids is 1. The molecular formula is C29H37F3N2O8S. The summed E-state index contributed by atoms with van der Waals surface area (Å²) in [5, 5.41) is 15.8. The zero-order valence-electron chi connectivity index (χ0n) is 24.1. The van der Waals surface area contributed by atoms with E-state index in [9.17, 15) is 41.8 Å². The Hall–Kier alpha value is -3.17. The lowest BCUT2D eigenvalue weighted by atomic mass is 9.88. The first-order valence-electron chi connectivity index (χ1n) is 13.7. The number of unbranched alkanes of at least 4 members (excludes halogenated alkanes) is 1. The number of alkyl halides is 3. The highest BCUT2D eigenvalue weighted by atomic mass is 32.3. The first-order chi connectivity index (χ1) is 20.2. The maximum absolute atomic E-state index is 12.4. The summed E-state index contributed by atoms with van der Waals surface area (Å²) in [6, 6.07) is 10.5. The highest BCUT2D eigenvalue weighted by Crippen LogP contribution is 2.58. The molecule has 0 fully saturated rings. The van der Waals surface area contributed by atoms with Crippen molar-refractivity contribution in [3.8, 4) is 5.75 Å². The molecule has 0 amide bonds. The topological polar surface area (TPSA) is 154 Å². The third kappa shape index (κ3) is 8.48. The molecule has 0 aliphatic carbocycles. The van der Waals surface area contributed by atoms with Crippen LogP contribution in [0.4, 0.5) is 13.2 Å². The number of rotatable bonds is 12. The molecule has 0 saturated carbocycles. The van der Waals surface area contributed by atoms with E-state index in [0.29, 0.717) is 24.0 Å². The minimum atomic E-state index is -5.42. The normalized spacial score (nSPS) is 21.2. The quantitative estimate of drug-likeness (QED) is 0.152. The number of hydrogen-bond donors (Lipinski definition) is 5. The van der Waals surface area contributed by atoms with Gasteiger partial charge in [0.15, 0.2) is 0 Å². The van der Waals surface area contributed by atoms with E-state index in [-0.39, 0.29) is 22.9 Å². The fourth-order valence-corrected chi connectivity index (χ4v) is 7.38. The van der Waals surface area contributed by atoms with Gasteiger partial charge in [0.25, 0.3) is 0 Å². The Labute approximate surface area is 249 Å². The van der Waals surface area contributed by atoms with E-state index in [2.05, 4.69) is 22.3 Å². The Morgan fingerprint density at radius 3 is 2.40 bits per heavy atom. The van der Waals surface area contributed by atoms with Crippen LogP contribution < -0.4 is 15.4 Å². The predicted octanol–water partition coefficient (Wildman–Crippen LogP) is 5.40. The Kier molecular flexibility index (Phi) is 11.2. The highest BCUT2D eigenvalue weighted by molar-refractivity contribution is 8.24. The van der Waals surface area contributed by atoms with Gasteiger partial charge in [-0.1, -0.05) is 57.0 Å². The van der Waals surface area contributed by atoms with Crippen molar-refractivity contribution in [2.24, 2.45) is 0 Å². The van der Waals surface area contributed by atoms with Crippen molar-refractivity contribution in [2.45, 2.75) is 81.2 Å². The molecule has 238 valence electrons. The van der Waals surface area contributed by atoms with Crippen LogP contribution in [0, 0.1) is 0 Å². The Bertz CT molecular complexity index is 1310. The highest BCUT2D eigenvalue weighted by Gasteiger charge is 2.44. The zero-order chi connectivity index (χ0) is 32.0. The molecule has 0 aromatic heterocycles. The summed E-state index contributed by atoms with van der Waals surface area (Å²) in [4.78, 5) is 34.8. The number of carbonyl (C=O) groups is 3. The van der Waals surface area contributed by atoms with Crippen molar-refractivity contribution in [3.63, 3.8) is 0 Å². The van der Waals surface area contributed by atoms with Crippen LogP contribution in [0.3, 0.4) is 0 Å². The van der Waals surface area contributed by atoms with E-state index in [1.807, 2.05) is 37.3 Å². The van der Waals surface area contributed by atoms with E-state index >= 15 is 0 Å². The van der Waals surface area contributed by atoms with Crippen LogP contribution in [0.2, 0.25) is 0 Å². The number of nitrogens with one attached hydrogen (secondary N) is 2. The second-order valence-corrected chi connectivity index (χ2v) is 12.5. The predicted molar refractivity (Wildman–Crippen MR) is 153 cm³/mol. The summed E-state index contributed by atoms with van der Waals surface area (Å²) in [5.74, 6) is -5.68. The smallest absolute Gasteiger partial charge is 0.491 e. The molecule has 1 aliphatic heterocycles. The number of methoxy groups -OCH3 is 1. The van der Waals surface area contributed by atoms with Crippen LogP contribution in [-0.2, 0) is 25.7 Å². The van der Waals surface area contributed by atoms with Crippen molar-refractivity contribution >= 4 is 28.5 Å². The fraction of sp³-hybridized carbons (Fsp3) is 0.483. The molecule has 0 saturated heterocycles. The molecule has 1 heterocycles. The Morgan fingerprint density at radius 2 is 1.84 bits per heavy atom. The van der Waals surface area contributed by atoms with Gasteiger partial charge in [-0.2, -0.15) is 23.8 Å². The third-order valence-corrected chi connectivity index (χ3v) is 9.48. The van der Waals surface area contributed by atoms with Gasteiger partial charge in [0.2, 0.25) is 0 Å². The van der Waals surface area contributed by atoms with Crippen molar-refractivity contribution in [1.29, 1.82) is 0 Å². The molecule has 2 aromatic rings. The summed E-state index contributed by atoms with van der Waals surface area (Å²) in [6.45, 7) is 3.77. The standard InChI is InChI=1S/C29H37F3N2O8S/c1-4-6-12-28(5-2)17-43(39,40)23-13-19(16-33-21(26(36)37)15-24(35)42-27(38)29(30,31)32)22(41-3)14-20(23)25(34-28)18-10-8-7-9-11-18/h7-11,13-14,21,25,33-34,39-40H,4-6,12,15-17H2,1-3H3,(H,36,37)/t21-,25+,28+/m1/s1. The Morgan fingerprint density at radius 1 is 1.16 bits per heavy atom. The lowest BCUT2D eigenvalue weighted by Crippen LogP contribution is -2.49. The molecule has 3 atom stereocenters. The summed E-state index contributed by atoms with van der Waals surface area (Å²) in [5.41, 5.74) is 1.17. The van der Waals surface area contributed by atoms with Gasteiger partial charge in [-0.15, -0.1) is 0 Å². The van der Waals surface area contributed by atoms with Crippen LogP contribution in [0.25, 0.3) is 0 Å². The molecule has 0 spiro atoms. The van der Waals surface area contributed by atoms with Crippen LogP contribution in [0.15, 0.2) is 47.4 Å². The lowest BCUT2D eigenvalue weighted by Gasteiger charge is -2.42. The maximum Gasteiger partial charge on any atom is 0.491 e. The molecule has 5 N–H and O–H groups in total. The minimum absolute atomic E-state index is 0.0445. The number of fused-ring (bicyclic) bond motifs is 1. The van der Waals surface area contributed by atoms with E-state index < -0.39 is 58.7 Å². The summed E-state index contributed by atoms with van der Waals surface area (Å²) in [7, 11) is -2.01. The monoisotopic (exact) mass is 630 g/mol. The van der Waals surface area contributed by atoms with Crippen LogP contribution in [0.5, 0.6) is 5.75 Å². The van der Waals surface area contributed by atoms with E-state index in [0.717, 1.165) is 18.4 Å². The number of carboxylic acids is 1. The molecule has 3 rings (SSSR count). The molecule has 1 aliphatic rings. The first-order valence-corrected chi connectivity index (χ1v) is 15.4. The number of carbonyl (C=O) groups excluding carboxylic acids is 2. The number of esters is 2. The third-order valence-electron chi connectivity index (χ3n) is 7.47. The van der Waals surface area contributed by atoms with Crippen molar-refractivity contribution in [3.05, 3.63) is 59.2 Å². The number of hydrogen-bond acceptors (Lipinski definition) is 9. The summed E-state index contributed by atoms with van der Waals surface area (Å²) in [6.07, 6.45) is -3.39. The van der Waals surface area contributed by atoms with Gasteiger partial charge in [0.1, 0.15) is 11.8 Å². The van der Waals surface area contributed by atoms with Gasteiger partial charge >= 0.3 is 24.1 Å². The molecular weight excluding hydrogens is 593 g/mol. The van der Waals surface area contributed by atoms with E-state index in [1.165, 1.54) is 13.2 Å². The maximum atomic E-state index is 12.4. The van der Waals surface area contributed by atoms with Crippen LogP contribution in [0.1, 0.15) is 68.7 Å². The average molecular weight is 631 g/mol. The number of carboxylic acid groups (broad SMARTS) is 1. The van der Waals surface area contributed by atoms with Gasteiger partial charge in [-0.05, 0) is 30.5 Å². The van der Waals surface area contributed by atoms with E-state index in [1.54, 1.807) is 6.07 Å². The Balaban J connectivity index is 2.00. The largest absolute Gasteiger partial charge is 0.496 e. The molecule has 14 heteroatoms. The van der Waals surface area contributed by atoms with Crippen LogP contribution >= 0.6 is 10.6 Å². The van der Waals surface area contributed by atoms with E-state index in [4.69, 9.17) is 4.74 Å². The van der Waals surface area contributed by atoms with Gasteiger partial charge in [-0.25, -0.2) is 4.79 Å². The molecule has 0 unspecified atom stereocenters. The van der Waals surface area contributed by atoms with Gasteiger partial charge in [0.05, 0.1) is 30.2 Å².